The van der Waals surface area contributed by atoms with Gasteiger partial charge in [-0.25, -0.2) is 9.97 Å². The third-order valence-corrected chi connectivity index (χ3v) is 6.48. The van der Waals surface area contributed by atoms with Crippen molar-refractivity contribution >= 4 is 54.8 Å². The molecule has 0 aliphatic carbocycles. The van der Waals surface area contributed by atoms with Gasteiger partial charge in [-0.2, -0.15) is 0 Å². The summed E-state index contributed by atoms with van der Waals surface area (Å²) < 4.78 is 1.09. The molecule has 1 aliphatic rings. The third kappa shape index (κ3) is 3.57. The average molecular weight is 379 g/mol. The predicted molar refractivity (Wildman–Crippen MR) is 104 cm³/mol. The molecule has 2 aromatic heterocycles. The van der Waals surface area contributed by atoms with E-state index in [1.54, 1.807) is 22.7 Å². The van der Waals surface area contributed by atoms with Crippen LogP contribution in [0, 0.1) is 0 Å². The van der Waals surface area contributed by atoms with Gasteiger partial charge in [0.1, 0.15) is 0 Å². The van der Waals surface area contributed by atoms with E-state index >= 15 is 0 Å². The first kappa shape index (κ1) is 16.3. The maximum absolute atomic E-state index is 6.04. The number of halogens is 1. The fraction of sp³-hybridized carbons (Fsp3) is 0.412. The number of aromatic nitrogens is 2. The summed E-state index contributed by atoms with van der Waals surface area (Å²) in [6.45, 7) is 4.52. The van der Waals surface area contributed by atoms with Gasteiger partial charge in [0, 0.05) is 28.7 Å². The second kappa shape index (κ2) is 6.96. The van der Waals surface area contributed by atoms with Gasteiger partial charge in [-0.15, -0.1) is 11.3 Å². The summed E-state index contributed by atoms with van der Waals surface area (Å²) in [5.41, 5.74) is 0.964. The molecular weight excluding hydrogens is 360 g/mol. The second-order valence-electron chi connectivity index (χ2n) is 6.20. The van der Waals surface area contributed by atoms with Gasteiger partial charge >= 0.3 is 0 Å². The fourth-order valence-corrected chi connectivity index (χ4v) is 5.12. The molecule has 0 amide bonds. The first-order valence-corrected chi connectivity index (χ1v) is 10.2. The topological polar surface area (TPSA) is 41.1 Å². The van der Waals surface area contributed by atoms with E-state index < -0.39 is 0 Å². The molecule has 7 heteroatoms. The molecule has 24 heavy (non-hydrogen) atoms. The molecule has 1 aromatic carbocycles. The van der Waals surface area contributed by atoms with Crippen molar-refractivity contribution in [2.75, 3.05) is 11.9 Å². The highest BCUT2D eigenvalue weighted by Crippen LogP contribution is 2.32. The van der Waals surface area contributed by atoms with Crippen LogP contribution < -0.4 is 5.32 Å². The SMILES string of the molecule is CC1CCCCN1Cc1cnc(Nc2nc3ccc(Cl)cc3s2)s1. The molecular formula is C17H19ClN4S2. The van der Waals surface area contributed by atoms with Gasteiger partial charge in [0.05, 0.1) is 10.2 Å². The van der Waals surface area contributed by atoms with Gasteiger partial charge in [-0.05, 0) is 44.5 Å². The average Bonchev–Trinajstić information content (AvgIpc) is 3.16. The molecule has 3 aromatic rings. The van der Waals surface area contributed by atoms with E-state index in [9.17, 15) is 0 Å². The van der Waals surface area contributed by atoms with Gasteiger partial charge in [-0.3, -0.25) is 4.90 Å². The van der Waals surface area contributed by atoms with Crippen LogP contribution in [-0.2, 0) is 6.54 Å². The van der Waals surface area contributed by atoms with Crippen LogP contribution in [0.2, 0.25) is 5.02 Å². The zero-order valence-electron chi connectivity index (χ0n) is 13.5. The Morgan fingerprint density at radius 2 is 2.21 bits per heavy atom. The molecule has 3 heterocycles. The molecule has 0 radical (unpaired) electrons. The molecule has 126 valence electrons. The van der Waals surface area contributed by atoms with Crippen molar-refractivity contribution in [2.45, 2.75) is 38.8 Å². The number of hydrogen-bond acceptors (Lipinski definition) is 6. The minimum Gasteiger partial charge on any atom is -0.307 e. The summed E-state index contributed by atoms with van der Waals surface area (Å²) in [7, 11) is 0. The number of anilines is 2. The number of fused-ring (bicyclic) bond motifs is 1. The van der Waals surface area contributed by atoms with Crippen LogP contribution in [0.4, 0.5) is 10.3 Å². The summed E-state index contributed by atoms with van der Waals surface area (Å²) in [6.07, 6.45) is 5.95. The van der Waals surface area contributed by atoms with E-state index in [0.717, 1.165) is 32.0 Å². The summed E-state index contributed by atoms with van der Waals surface area (Å²) in [6, 6.07) is 6.44. The van der Waals surface area contributed by atoms with Crippen molar-refractivity contribution < 1.29 is 0 Å². The van der Waals surface area contributed by atoms with E-state index in [-0.39, 0.29) is 0 Å². The molecule has 4 rings (SSSR count). The van der Waals surface area contributed by atoms with E-state index in [1.807, 2.05) is 24.4 Å². The molecule has 0 spiro atoms. The van der Waals surface area contributed by atoms with Gasteiger partial charge in [0.15, 0.2) is 10.3 Å². The van der Waals surface area contributed by atoms with Crippen molar-refractivity contribution in [3.8, 4) is 0 Å². The molecule has 1 fully saturated rings. The third-order valence-electron chi connectivity index (χ3n) is 4.42. The maximum Gasteiger partial charge on any atom is 0.190 e. The molecule has 1 saturated heterocycles. The number of nitrogens with one attached hydrogen (secondary N) is 1. The van der Waals surface area contributed by atoms with Crippen LogP contribution in [0.3, 0.4) is 0 Å². The Labute approximate surface area is 154 Å². The lowest BCUT2D eigenvalue weighted by Gasteiger charge is -2.32. The number of likely N-dealkylation sites (tertiary alicyclic amines) is 1. The molecule has 4 nitrogen and oxygen atoms in total. The van der Waals surface area contributed by atoms with Crippen LogP contribution in [-0.4, -0.2) is 27.5 Å². The van der Waals surface area contributed by atoms with Crippen molar-refractivity contribution in [1.82, 2.24) is 14.9 Å². The van der Waals surface area contributed by atoms with E-state index in [2.05, 4.69) is 27.1 Å². The lowest BCUT2D eigenvalue weighted by Crippen LogP contribution is -2.36. The Hall–Kier alpha value is -1.21. The van der Waals surface area contributed by atoms with Crippen LogP contribution in [0.5, 0.6) is 0 Å². The summed E-state index contributed by atoms with van der Waals surface area (Å²) in [5.74, 6) is 0. The van der Waals surface area contributed by atoms with Gasteiger partial charge in [-0.1, -0.05) is 29.4 Å². The molecule has 1 aliphatic heterocycles. The lowest BCUT2D eigenvalue weighted by atomic mass is 10.0. The Bertz CT molecular complexity index is 844. The molecule has 1 unspecified atom stereocenters. The quantitative estimate of drug-likeness (QED) is 0.648. The van der Waals surface area contributed by atoms with Crippen LogP contribution in [0.25, 0.3) is 10.2 Å². The standard InChI is InChI=1S/C17H19ClN4S2/c1-11-4-2-3-7-22(11)10-13-9-19-16(23-13)21-17-20-14-6-5-12(18)8-15(14)24-17/h5-6,8-9,11H,2-4,7,10H2,1H3,(H,19,20,21). The Morgan fingerprint density at radius 3 is 3.08 bits per heavy atom. The zero-order chi connectivity index (χ0) is 16.5. The summed E-state index contributed by atoms with van der Waals surface area (Å²) in [4.78, 5) is 13.0. The zero-order valence-corrected chi connectivity index (χ0v) is 15.8. The summed E-state index contributed by atoms with van der Waals surface area (Å²) in [5, 5.41) is 5.84. The minimum absolute atomic E-state index is 0.672. The van der Waals surface area contributed by atoms with Gasteiger partial charge in [0.2, 0.25) is 0 Å². The Morgan fingerprint density at radius 1 is 1.29 bits per heavy atom. The van der Waals surface area contributed by atoms with E-state index in [4.69, 9.17) is 11.6 Å². The smallest absolute Gasteiger partial charge is 0.190 e. The monoisotopic (exact) mass is 378 g/mol. The number of rotatable bonds is 4. The molecule has 0 bridgehead atoms. The molecule has 1 N–H and O–H groups in total. The minimum atomic E-state index is 0.672. The Balaban J connectivity index is 1.46. The Kier molecular flexibility index (Phi) is 4.72. The molecule has 1 atom stereocenters. The van der Waals surface area contributed by atoms with Crippen molar-refractivity contribution in [1.29, 1.82) is 0 Å². The van der Waals surface area contributed by atoms with Crippen LogP contribution in [0.15, 0.2) is 24.4 Å². The van der Waals surface area contributed by atoms with Gasteiger partial charge in [0.25, 0.3) is 0 Å². The number of piperidine rings is 1. The van der Waals surface area contributed by atoms with Crippen LogP contribution >= 0.6 is 34.3 Å². The highest BCUT2D eigenvalue weighted by molar-refractivity contribution is 7.22. The number of thiazole rings is 2. The normalized spacial score (nSPS) is 19.0. The highest BCUT2D eigenvalue weighted by Gasteiger charge is 2.19. The van der Waals surface area contributed by atoms with E-state index in [0.29, 0.717) is 6.04 Å². The van der Waals surface area contributed by atoms with Crippen LogP contribution in [0.1, 0.15) is 31.1 Å². The lowest BCUT2D eigenvalue weighted by molar-refractivity contribution is 0.154. The van der Waals surface area contributed by atoms with Crippen molar-refractivity contribution in [3.63, 3.8) is 0 Å². The second-order valence-corrected chi connectivity index (χ2v) is 8.79. The highest BCUT2D eigenvalue weighted by atomic mass is 35.5. The van der Waals surface area contributed by atoms with Crippen molar-refractivity contribution in [3.05, 3.63) is 34.3 Å². The number of hydrogen-bond donors (Lipinski definition) is 1. The first-order chi connectivity index (χ1) is 11.7. The van der Waals surface area contributed by atoms with Crippen molar-refractivity contribution in [2.24, 2.45) is 0 Å². The predicted octanol–water partition coefficient (Wildman–Crippen LogP) is 5.52. The fourth-order valence-electron chi connectivity index (χ4n) is 3.07. The number of benzene rings is 1. The van der Waals surface area contributed by atoms with Gasteiger partial charge < -0.3 is 5.32 Å². The van der Waals surface area contributed by atoms with E-state index in [1.165, 1.54) is 30.7 Å². The summed E-state index contributed by atoms with van der Waals surface area (Å²) >= 11 is 9.35. The maximum atomic E-state index is 6.04. The first-order valence-electron chi connectivity index (χ1n) is 8.19. The number of nitrogens with zero attached hydrogens (tertiary/aromatic N) is 3. The molecule has 0 saturated carbocycles. The largest absolute Gasteiger partial charge is 0.307 e.